The number of carbonyl (C=O) groups excluding carboxylic acids is 1. The second kappa shape index (κ2) is 6.64. The Balaban J connectivity index is 1.94. The van der Waals surface area contributed by atoms with E-state index in [0.29, 0.717) is 15.7 Å². The minimum atomic E-state index is -0.129. The molecule has 5 heteroatoms. The maximum Gasteiger partial charge on any atom is 0.243 e. The molecule has 0 saturated heterocycles. The van der Waals surface area contributed by atoms with Crippen molar-refractivity contribution < 1.29 is 4.79 Å². The van der Waals surface area contributed by atoms with Gasteiger partial charge in [-0.15, -0.1) is 0 Å². The number of aryl methyl sites for hydroxylation is 1. The van der Waals surface area contributed by atoms with Crippen molar-refractivity contribution in [3.05, 3.63) is 58.1 Å². The van der Waals surface area contributed by atoms with Crippen molar-refractivity contribution >= 4 is 40.5 Å². The van der Waals surface area contributed by atoms with Gasteiger partial charge in [0, 0.05) is 21.4 Å². The van der Waals surface area contributed by atoms with Gasteiger partial charge in [0.2, 0.25) is 5.91 Å². The molecular formula is C15H14Cl2N2O. The van der Waals surface area contributed by atoms with Crippen molar-refractivity contribution in [2.45, 2.75) is 6.92 Å². The Kier molecular flexibility index (Phi) is 4.88. The monoisotopic (exact) mass is 308 g/mol. The molecule has 20 heavy (non-hydrogen) atoms. The molecule has 2 aromatic rings. The van der Waals surface area contributed by atoms with E-state index in [1.807, 2.05) is 31.2 Å². The van der Waals surface area contributed by atoms with Crippen LogP contribution >= 0.6 is 23.2 Å². The zero-order valence-corrected chi connectivity index (χ0v) is 12.4. The number of hydrogen-bond acceptors (Lipinski definition) is 2. The van der Waals surface area contributed by atoms with Crippen LogP contribution < -0.4 is 10.6 Å². The molecule has 0 unspecified atom stereocenters. The fraction of sp³-hybridized carbons (Fsp3) is 0.133. The smallest absolute Gasteiger partial charge is 0.243 e. The van der Waals surface area contributed by atoms with Crippen LogP contribution in [0.1, 0.15) is 5.56 Å². The highest BCUT2D eigenvalue weighted by molar-refractivity contribution is 6.35. The Morgan fingerprint density at radius 1 is 1.10 bits per heavy atom. The molecule has 0 bridgehead atoms. The van der Waals surface area contributed by atoms with Crippen LogP contribution in [0.4, 0.5) is 11.4 Å². The third-order valence-corrected chi connectivity index (χ3v) is 3.17. The summed E-state index contributed by atoms with van der Waals surface area (Å²) in [5, 5.41) is 6.88. The summed E-state index contributed by atoms with van der Waals surface area (Å²) >= 11 is 11.8. The van der Waals surface area contributed by atoms with Gasteiger partial charge in [-0.2, -0.15) is 0 Å². The molecule has 0 radical (unpaired) electrons. The van der Waals surface area contributed by atoms with Crippen molar-refractivity contribution in [3.63, 3.8) is 0 Å². The van der Waals surface area contributed by atoms with E-state index in [4.69, 9.17) is 23.2 Å². The van der Waals surface area contributed by atoms with Gasteiger partial charge in [0.05, 0.1) is 6.54 Å². The molecule has 0 fully saturated rings. The van der Waals surface area contributed by atoms with E-state index < -0.39 is 0 Å². The second-order valence-corrected chi connectivity index (χ2v) is 5.25. The first-order valence-electron chi connectivity index (χ1n) is 6.10. The number of benzene rings is 2. The summed E-state index contributed by atoms with van der Waals surface area (Å²) in [6.07, 6.45) is 0. The maximum absolute atomic E-state index is 11.9. The SMILES string of the molecule is Cc1ccccc1NC(=O)CNc1cc(Cl)cc(Cl)c1. The summed E-state index contributed by atoms with van der Waals surface area (Å²) in [6, 6.07) is 12.7. The highest BCUT2D eigenvalue weighted by Crippen LogP contribution is 2.22. The topological polar surface area (TPSA) is 41.1 Å². The lowest BCUT2D eigenvalue weighted by atomic mass is 10.2. The molecule has 0 aromatic heterocycles. The van der Waals surface area contributed by atoms with Crippen molar-refractivity contribution in [2.24, 2.45) is 0 Å². The fourth-order valence-corrected chi connectivity index (χ4v) is 2.27. The van der Waals surface area contributed by atoms with E-state index in [0.717, 1.165) is 11.3 Å². The molecule has 3 nitrogen and oxygen atoms in total. The second-order valence-electron chi connectivity index (χ2n) is 4.37. The predicted molar refractivity (Wildman–Crippen MR) is 84.8 cm³/mol. The first-order valence-corrected chi connectivity index (χ1v) is 6.85. The van der Waals surface area contributed by atoms with Gasteiger partial charge in [-0.05, 0) is 36.8 Å². The zero-order chi connectivity index (χ0) is 14.5. The quantitative estimate of drug-likeness (QED) is 0.881. The summed E-state index contributed by atoms with van der Waals surface area (Å²) < 4.78 is 0. The summed E-state index contributed by atoms with van der Waals surface area (Å²) in [5.41, 5.74) is 2.54. The van der Waals surface area contributed by atoms with E-state index in [-0.39, 0.29) is 12.5 Å². The normalized spacial score (nSPS) is 10.2. The minimum absolute atomic E-state index is 0.129. The molecule has 104 valence electrons. The van der Waals surface area contributed by atoms with E-state index in [1.165, 1.54) is 0 Å². The van der Waals surface area contributed by atoms with Crippen LogP contribution in [-0.2, 0) is 4.79 Å². The lowest BCUT2D eigenvalue weighted by Crippen LogP contribution is -2.22. The number of para-hydroxylation sites is 1. The number of carbonyl (C=O) groups is 1. The molecule has 0 aliphatic rings. The molecule has 0 saturated carbocycles. The minimum Gasteiger partial charge on any atom is -0.376 e. The lowest BCUT2D eigenvalue weighted by molar-refractivity contribution is -0.114. The standard InChI is InChI=1S/C15H14Cl2N2O/c1-10-4-2-3-5-14(10)19-15(20)9-18-13-7-11(16)6-12(17)8-13/h2-8,18H,9H2,1H3,(H,19,20). The van der Waals surface area contributed by atoms with E-state index in [2.05, 4.69) is 10.6 Å². The van der Waals surface area contributed by atoms with Gasteiger partial charge in [0.25, 0.3) is 0 Å². The Hall–Kier alpha value is -1.71. The molecule has 0 atom stereocenters. The van der Waals surface area contributed by atoms with Gasteiger partial charge in [-0.3, -0.25) is 4.79 Å². The number of halogens is 2. The summed E-state index contributed by atoms with van der Waals surface area (Å²) in [5.74, 6) is -0.129. The van der Waals surface area contributed by atoms with Crippen LogP contribution in [0.2, 0.25) is 10.0 Å². The highest BCUT2D eigenvalue weighted by Gasteiger charge is 2.05. The first kappa shape index (κ1) is 14.7. The van der Waals surface area contributed by atoms with E-state index >= 15 is 0 Å². The molecule has 0 heterocycles. The molecule has 0 spiro atoms. The Labute approximate surface area is 127 Å². The Morgan fingerprint density at radius 2 is 1.75 bits per heavy atom. The molecule has 0 aliphatic heterocycles. The first-order chi connectivity index (χ1) is 9.54. The Morgan fingerprint density at radius 3 is 2.40 bits per heavy atom. The van der Waals surface area contributed by atoms with Crippen LogP contribution in [0, 0.1) is 6.92 Å². The van der Waals surface area contributed by atoms with Gasteiger partial charge >= 0.3 is 0 Å². The maximum atomic E-state index is 11.9. The number of hydrogen-bond donors (Lipinski definition) is 2. The number of rotatable bonds is 4. The summed E-state index contributed by atoms with van der Waals surface area (Å²) in [4.78, 5) is 11.9. The van der Waals surface area contributed by atoms with E-state index in [9.17, 15) is 4.79 Å². The van der Waals surface area contributed by atoms with Gasteiger partial charge in [0.15, 0.2) is 0 Å². The summed E-state index contributed by atoms with van der Waals surface area (Å²) in [6.45, 7) is 2.09. The van der Waals surface area contributed by atoms with Crippen LogP contribution in [0.15, 0.2) is 42.5 Å². The third kappa shape index (κ3) is 4.15. The third-order valence-electron chi connectivity index (χ3n) is 2.73. The van der Waals surface area contributed by atoms with Crippen LogP contribution in [-0.4, -0.2) is 12.5 Å². The van der Waals surface area contributed by atoms with Gasteiger partial charge in [0.1, 0.15) is 0 Å². The van der Waals surface area contributed by atoms with E-state index in [1.54, 1.807) is 18.2 Å². The van der Waals surface area contributed by atoms with Crippen molar-refractivity contribution in [3.8, 4) is 0 Å². The number of anilines is 2. The average molecular weight is 309 g/mol. The average Bonchev–Trinajstić information content (AvgIpc) is 2.38. The Bertz CT molecular complexity index is 609. The van der Waals surface area contributed by atoms with Gasteiger partial charge in [-0.25, -0.2) is 0 Å². The highest BCUT2D eigenvalue weighted by atomic mass is 35.5. The molecule has 2 rings (SSSR count). The predicted octanol–water partition coefficient (Wildman–Crippen LogP) is 4.35. The van der Waals surface area contributed by atoms with Crippen LogP contribution in [0.5, 0.6) is 0 Å². The number of amides is 1. The molecular weight excluding hydrogens is 295 g/mol. The molecule has 2 N–H and O–H groups in total. The molecule has 0 aliphatic carbocycles. The molecule has 1 amide bonds. The molecule has 2 aromatic carbocycles. The van der Waals surface area contributed by atoms with Gasteiger partial charge < -0.3 is 10.6 Å². The number of nitrogens with one attached hydrogen (secondary N) is 2. The lowest BCUT2D eigenvalue weighted by Gasteiger charge is -2.10. The zero-order valence-electron chi connectivity index (χ0n) is 10.9. The van der Waals surface area contributed by atoms with Crippen molar-refractivity contribution in [1.29, 1.82) is 0 Å². The summed E-state index contributed by atoms with van der Waals surface area (Å²) in [7, 11) is 0. The largest absolute Gasteiger partial charge is 0.376 e. The van der Waals surface area contributed by atoms with Crippen molar-refractivity contribution in [2.75, 3.05) is 17.2 Å². The van der Waals surface area contributed by atoms with Crippen molar-refractivity contribution in [1.82, 2.24) is 0 Å². The fourth-order valence-electron chi connectivity index (χ4n) is 1.75. The van der Waals surface area contributed by atoms with Crippen LogP contribution in [0.25, 0.3) is 0 Å². The van der Waals surface area contributed by atoms with Crippen LogP contribution in [0.3, 0.4) is 0 Å². The van der Waals surface area contributed by atoms with Gasteiger partial charge in [-0.1, -0.05) is 41.4 Å².